The molecule has 1 atom stereocenters. The fourth-order valence-electron chi connectivity index (χ4n) is 5.06. The van der Waals surface area contributed by atoms with Gasteiger partial charge in [0.2, 0.25) is 0 Å². The lowest BCUT2D eigenvalue weighted by Crippen LogP contribution is -2.47. The minimum Gasteiger partial charge on any atom is -0.320 e. The molecule has 36 heavy (non-hydrogen) atoms. The van der Waals surface area contributed by atoms with Gasteiger partial charge in [0.1, 0.15) is 0 Å². The molecule has 1 N–H and O–H groups in total. The molecule has 1 unspecified atom stereocenters. The number of nitrogens with one attached hydrogen (secondary N) is 1. The molecule has 2 aromatic rings. The average molecular weight is 497 g/mol. The highest BCUT2D eigenvalue weighted by Crippen LogP contribution is 2.34. The number of alkyl halides is 3. The minimum absolute atomic E-state index is 0.0527. The third-order valence-corrected chi connectivity index (χ3v) is 7.10. The van der Waals surface area contributed by atoms with Crippen molar-refractivity contribution in [3.63, 3.8) is 0 Å². The lowest BCUT2D eigenvalue weighted by atomic mass is 9.89. The summed E-state index contributed by atoms with van der Waals surface area (Å²) in [7, 11) is 0. The second kappa shape index (κ2) is 11.2. The summed E-state index contributed by atoms with van der Waals surface area (Å²) in [6.07, 6.45) is 2.09. The zero-order valence-corrected chi connectivity index (χ0v) is 20.4. The van der Waals surface area contributed by atoms with Crippen LogP contribution in [0.4, 0.5) is 23.7 Å². The van der Waals surface area contributed by atoms with E-state index in [9.17, 15) is 23.2 Å². The van der Waals surface area contributed by atoms with Crippen molar-refractivity contribution < 1.29 is 18.0 Å². The van der Waals surface area contributed by atoms with Gasteiger partial charge in [0.25, 0.3) is 0 Å². The number of nitriles is 1. The first-order valence-electron chi connectivity index (χ1n) is 12.4. The van der Waals surface area contributed by atoms with Crippen LogP contribution in [0.5, 0.6) is 0 Å². The van der Waals surface area contributed by atoms with E-state index < -0.39 is 11.7 Å². The van der Waals surface area contributed by atoms with E-state index in [0.717, 1.165) is 62.5 Å². The Balaban J connectivity index is 1.50. The van der Waals surface area contributed by atoms with Gasteiger partial charge >= 0.3 is 12.2 Å². The van der Waals surface area contributed by atoms with Crippen molar-refractivity contribution in [3.05, 3.63) is 70.8 Å². The highest BCUT2D eigenvalue weighted by molar-refractivity contribution is 5.90. The summed E-state index contributed by atoms with van der Waals surface area (Å²) < 4.78 is 40.1. The molecule has 2 aromatic carbocycles. The summed E-state index contributed by atoms with van der Waals surface area (Å²) in [6.45, 7) is 4.68. The van der Waals surface area contributed by atoms with Gasteiger partial charge in [0, 0.05) is 24.8 Å². The minimum atomic E-state index is -4.48. The Morgan fingerprint density at radius 2 is 1.97 bits per heavy atom. The van der Waals surface area contributed by atoms with Crippen LogP contribution in [-0.2, 0) is 6.18 Å². The fraction of sp³-hybridized carbons (Fsp3) is 0.429. The molecule has 0 spiro atoms. The van der Waals surface area contributed by atoms with E-state index in [1.54, 1.807) is 11.0 Å². The lowest BCUT2D eigenvalue weighted by Gasteiger charge is -2.35. The van der Waals surface area contributed by atoms with Crippen LogP contribution in [0.2, 0.25) is 0 Å². The molecule has 1 aliphatic heterocycles. The number of allylic oxidation sites excluding steroid dienone is 1. The van der Waals surface area contributed by atoms with Crippen molar-refractivity contribution >= 4 is 17.3 Å². The third kappa shape index (κ3) is 6.27. The normalized spacial score (nSPS) is 18.4. The highest BCUT2D eigenvalue weighted by Gasteiger charge is 2.33. The maximum atomic E-state index is 13.4. The van der Waals surface area contributed by atoms with Crippen LogP contribution in [-0.4, -0.2) is 48.1 Å². The van der Waals surface area contributed by atoms with E-state index in [1.807, 2.05) is 18.2 Å². The smallest absolute Gasteiger partial charge is 0.320 e. The Morgan fingerprint density at radius 1 is 1.19 bits per heavy atom. The number of hydrogen-bond acceptors (Lipinski definition) is 3. The second-order valence-corrected chi connectivity index (χ2v) is 9.55. The van der Waals surface area contributed by atoms with Gasteiger partial charge in [-0.15, -0.1) is 0 Å². The molecule has 0 radical (unpaired) electrons. The number of hydrogen-bond donors (Lipinski definition) is 1. The van der Waals surface area contributed by atoms with Crippen molar-refractivity contribution in [1.82, 2.24) is 9.80 Å². The van der Waals surface area contributed by atoms with E-state index >= 15 is 0 Å². The van der Waals surface area contributed by atoms with E-state index in [-0.39, 0.29) is 23.3 Å². The van der Waals surface area contributed by atoms with Gasteiger partial charge in [-0.25, -0.2) is 4.79 Å². The molecular weight excluding hydrogens is 465 g/mol. The molecule has 0 bridgehead atoms. The molecule has 1 fully saturated rings. The molecule has 1 saturated heterocycles. The van der Waals surface area contributed by atoms with E-state index in [1.165, 1.54) is 19.1 Å². The second-order valence-electron chi connectivity index (χ2n) is 9.55. The molecule has 1 aliphatic carbocycles. The Morgan fingerprint density at radius 3 is 2.64 bits per heavy atom. The summed E-state index contributed by atoms with van der Waals surface area (Å²) in [6, 6.07) is 13.2. The summed E-state index contributed by atoms with van der Waals surface area (Å²) in [5.74, 6) is 0. The third-order valence-electron chi connectivity index (χ3n) is 7.10. The van der Waals surface area contributed by atoms with Crippen molar-refractivity contribution in [2.75, 3.05) is 31.5 Å². The summed E-state index contributed by atoms with van der Waals surface area (Å²) in [4.78, 5) is 17.5. The van der Waals surface area contributed by atoms with Crippen molar-refractivity contribution in [3.8, 4) is 6.07 Å². The predicted octanol–water partition coefficient (Wildman–Crippen LogP) is 6.45. The van der Waals surface area contributed by atoms with Crippen LogP contribution in [0.1, 0.15) is 54.4 Å². The number of halogens is 3. The molecule has 5 nitrogen and oxygen atoms in total. The molecule has 0 aromatic heterocycles. The first-order chi connectivity index (χ1) is 17.2. The number of carbonyl (C=O) groups excluding carboxylic acids is 1. The monoisotopic (exact) mass is 496 g/mol. The average Bonchev–Trinajstić information content (AvgIpc) is 3.39. The lowest BCUT2D eigenvalue weighted by molar-refractivity contribution is -0.138. The number of amides is 2. The van der Waals surface area contributed by atoms with E-state index in [4.69, 9.17) is 0 Å². The zero-order chi connectivity index (χ0) is 25.7. The SMILES string of the molecule is Cc1ccc(NC(=O)N(CCN2CCCC2)C2CC=C(c3cccc(C#N)c3)CC2)cc1C(F)(F)F. The summed E-state index contributed by atoms with van der Waals surface area (Å²) in [5, 5.41) is 11.9. The number of nitrogens with zero attached hydrogens (tertiary/aromatic N) is 3. The number of carbonyl (C=O) groups is 1. The van der Waals surface area contributed by atoms with Gasteiger partial charge in [-0.05, 0) is 93.1 Å². The summed E-state index contributed by atoms with van der Waals surface area (Å²) >= 11 is 0. The van der Waals surface area contributed by atoms with Gasteiger partial charge in [0.05, 0.1) is 17.2 Å². The quantitative estimate of drug-likeness (QED) is 0.500. The zero-order valence-electron chi connectivity index (χ0n) is 20.4. The van der Waals surface area contributed by atoms with E-state index in [2.05, 4.69) is 22.4 Å². The molecule has 8 heteroatoms. The Bertz CT molecular complexity index is 1160. The fourth-order valence-corrected chi connectivity index (χ4v) is 5.06. The molecule has 0 saturated carbocycles. The van der Waals surface area contributed by atoms with E-state index in [0.29, 0.717) is 18.5 Å². The molecule has 190 valence electrons. The Labute approximate surface area is 210 Å². The van der Waals surface area contributed by atoms with Crippen molar-refractivity contribution in [2.24, 2.45) is 0 Å². The van der Waals surface area contributed by atoms with Crippen LogP contribution in [0.3, 0.4) is 0 Å². The van der Waals surface area contributed by atoms with Crippen LogP contribution in [0, 0.1) is 18.3 Å². The van der Waals surface area contributed by atoms with Crippen molar-refractivity contribution in [1.29, 1.82) is 5.26 Å². The Kier molecular flexibility index (Phi) is 8.00. The topological polar surface area (TPSA) is 59.4 Å². The maximum Gasteiger partial charge on any atom is 0.416 e. The van der Waals surface area contributed by atoms with Crippen LogP contribution in [0.25, 0.3) is 5.57 Å². The van der Waals surface area contributed by atoms with Crippen LogP contribution >= 0.6 is 0 Å². The molecule has 4 rings (SSSR count). The number of aryl methyl sites for hydroxylation is 1. The number of anilines is 1. The van der Waals surface area contributed by atoms with Gasteiger partial charge in [-0.3, -0.25) is 0 Å². The van der Waals surface area contributed by atoms with Gasteiger partial charge in [0.15, 0.2) is 0 Å². The standard InChI is InChI=1S/C28H31F3N4O/c1-20-7-10-24(18-26(20)28(29,30)31)33-27(36)35(16-15-34-13-2-3-14-34)25-11-8-22(9-12-25)23-6-4-5-21(17-23)19-32/h4-8,10,17-18,25H,2-3,9,11-16H2,1H3,(H,33,36). The molecule has 2 amide bonds. The highest BCUT2D eigenvalue weighted by atomic mass is 19.4. The van der Waals surface area contributed by atoms with Gasteiger partial charge < -0.3 is 15.1 Å². The van der Waals surface area contributed by atoms with Gasteiger partial charge in [-0.2, -0.15) is 18.4 Å². The number of benzene rings is 2. The maximum absolute atomic E-state index is 13.4. The summed E-state index contributed by atoms with van der Waals surface area (Å²) in [5.41, 5.74) is 2.30. The first-order valence-corrected chi connectivity index (χ1v) is 12.4. The molecule has 2 aliphatic rings. The molecular formula is C28H31F3N4O. The largest absolute Gasteiger partial charge is 0.416 e. The van der Waals surface area contributed by atoms with Crippen molar-refractivity contribution in [2.45, 2.75) is 51.2 Å². The first kappa shape index (κ1) is 25.8. The molecule has 1 heterocycles. The van der Waals surface area contributed by atoms with Crippen LogP contribution in [0.15, 0.2) is 48.5 Å². The Hall–Kier alpha value is -3.31. The predicted molar refractivity (Wildman–Crippen MR) is 134 cm³/mol. The van der Waals surface area contributed by atoms with Gasteiger partial charge in [-0.1, -0.05) is 24.3 Å². The van der Waals surface area contributed by atoms with Crippen LogP contribution < -0.4 is 5.32 Å². The number of likely N-dealkylation sites (tertiary alicyclic amines) is 1. The number of rotatable bonds is 6. The number of urea groups is 1.